The molecule has 0 fully saturated rings. The molecule has 7 aromatic rings. The maximum absolute atomic E-state index is 16.7. The summed E-state index contributed by atoms with van der Waals surface area (Å²) in [6.07, 6.45) is 11.9. The van der Waals surface area contributed by atoms with Crippen molar-refractivity contribution >= 4 is 45.4 Å². The van der Waals surface area contributed by atoms with E-state index in [9.17, 15) is 0 Å². The Labute approximate surface area is 351 Å². The summed E-state index contributed by atoms with van der Waals surface area (Å²) in [5, 5.41) is 0. The van der Waals surface area contributed by atoms with Crippen LogP contribution in [0.1, 0.15) is 22.8 Å². The van der Waals surface area contributed by atoms with Crippen LogP contribution in [0.15, 0.2) is 98.1 Å². The molecule has 17 heteroatoms. The fraction of sp³-hybridized carbons (Fsp3) is 0.0909. The molecule has 0 saturated heterocycles. The van der Waals surface area contributed by atoms with Crippen molar-refractivity contribution in [3.05, 3.63) is 144 Å². The Morgan fingerprint density at radius 1 is 0.344 bits per heavy atom. The van der Waals surface area contributed by atoms with Gasteiger partial charge in [0.1, 0.15) is 74.2 Å². The molecule has 302 valence electrons. The molecule has 8 bridgehead atoms. The van der Waals surface area contributed by atoms with Crippen molar-refractivity contribution in [2.45, 2.75) is 0 Å². The molecular formula is C44H28F8MnN8+5. The topological polar surface area (TPSA) is 69.5 Å². The van der Waals surface area contributed by atoms with E-state index in [1.807, 2.05) is 0 Å². The van der Waals surface area contributed by atoms with E-state index < -0.39 is 114 Å². The number of pyridine rings is 4. The van der Waals surface area contributed by atoms with Gasteiger partial charge in [-0.25, -0.2) is 63.4 Å². The Bertz CT molecular complexity index is 2770. The third-order valence-corrected chi connectivity index (χ3v) is 10.3. The largest absolute Gasteiger partial charge is 3.00 e. The zero-order valence-corrected chi connectivity index (χ0v) is 33.4. The minimum absolute atomic E-state index is 0. The van der Waals surface area contributed by atoms with Crippen LogP contribution < -0.4 is 28.2 Å². The third-order valence-electron chi connectivity index (χ3n) is 10.3. The number of hydrogen-bond acceptors (Lipinski definition) is 2. The molecule has 9 heterocycles. The first-order valence-electron chi connectivity index (χ1n) is 18.1. The van der Waals surface area contributed by atoms with Crippen LogP contribution in [0.2, 0.25) is 0 Å². The van der Waals surface area contributed by atoms with Crippen LogP contribution in [0.25, 0.3) is 89.9 Å². The normalized spacial score (nSPS) is 12.7. The summed E-state index contributed by atoms with van der Waals surface area (Å²) in [6, 6.07) is 11.1. The number of fused-ring (bicyclic) bond motifs is 8. The quantitative estimate of drug-likeness (QED) is 0.104. The average Bonchev–Trinajstić information content (AvgIpc) is 3.89. The fourth-order valence-corrected chi connectivity index (χ4v) is 7.21. The van der Waals surface area contributed by atoms with Gasteiger partial charge < -0.3 is 9.97 Å². The van der Waals surface area contributed by atoms with E-state index in [1.165, 1.54) is 98.1 Å². The van der Waals surface area contributed by atoms with Crippen molar-refractivity contribution in [1.82, 2.24) is 19.9 Å². The summed E-state index contributed by atoms with van der Waals surface area (Å²) >= 11 is 0. The van der Waals surface area contributed by atoms with Gasteiger partial charge in [0.15, 0.2) is 72.9 Å². The minimum Gasteiger partial charge on any atom is -0.652 e. The third kappa shape index (κ3) is 6.60. The SMILES string of the molecule is C[n+]1ccc(-c2c3nc(c(-c4cc[n+](C)cc4)c4[n-]c(c(F)c4F)c(-c4cc[n+](C)cc4)c4nc(c(-c5cc[n+](C)cc5)c5[n-]c2c(F)c5F)C(F)=C4F)C(F)=C3F)cc1.[Mn+3]. The number of aryl methyl sites for hydroxylation is 4. The Balaban J connectivity index is 0.00000514. The number of hydrogen-bond donors (Lipinski definition) is 0. The zero-order valence-electron chi connectivity index (χ0n) is 32.2. The van der Waals surface area contributed by atoms with E-state index in [2.05, 4.69) is 19.9 Å². The molecule has 0 radical (unpaired) electrons. The molecule has 0 unspecified atom stereocenters. The number of aromatic nitrogens is 8. The maximum Gasteiger partial charge on any atom is 3.00 e. The van der Waals surface area contributed by atoms with Crippen molar-refractivity contribution in [2.24, 2.45) is 28.2 Å². The molecule has 0 N–H and O–H groups in total. The molecule has 2 aliphatic rings. The van der Waals surface area contributed by atoms with Crippen LogP contribution >= 0.6 is 0 Å². The smallest absolute Gasteiger partial charge is 0.652 e. The molecule has 9 rings (SSSR count). The Hall–Kier alpha value is -6.84. The molecule has 7 aromatic heterocycles. The van der Waals surface area contributed by atoms with Crippen molar-refractivity contribution < 1.29 is 70.5 Å². The van der Waals surface area contributed by atoms with Gasteiger partial charge in [0.2, 0.25) is 0 Å². The minimum atomic E-state index is -1.66. The predicted octanol–water partition coefficient (Wildman–Crippen LogP) is 7.62. The zero-order chi connectivity index (χ0) is 42.3. The maximum atomic E-state index is 16.7. The summed E-state index contributed by atoms with van der Waals surface area (Å²) in [5.41, 5.74) is -9.27. The summed E-state index contributed by atoms with van der Waals surface area (Å²) in [4.78, 5) is 17.1. The Morgan fingerprint density at radius 3 is 0.705 bits per heavy atom. The average molecular weight is 876 g/mol. The first kappa shape index (κ1) is 40.9. The first-order chi connectivity index (χ1) is 28.7. The number of halogens is 8. The van der Waals surface area contributed by atoms with Crippen LogP contribution in [0.5, 0.6) is 0 Å². The molecule has 0 spiro atoms. The second kappa shape index (κ2) is 15.3. The molecule has 0 aliphatic carbocycles. The molecule has 0 amide bonds. The monoisotopic (exact) mass is 875 g/mol. The number of nitrogens with zero attached hydrogens (tertiary/aromatic N) is 8. The van der Waals surface area contributed by atoms with Crippen molar-refractivity contribution in [2.75, 3.05) is 0 Å². The summed E-state index contributed by atoms with van der Waals surface area (Å²) in [6.45, 7) is 0. The van der Waals surface area contributed by atoms with Crippen LogP contribution in [-0.2, 0) is 45.3 Å². The van der Waals surface area contributed by atoms with E-state index in [-0.39, 0.29) is 39.3 Å². The number of rotatable bonds is 4. The standard InChI is InChI=1S/C44H28F8N8.Mn/c1-57-13-5-21(6-14-57)25-37-29(45)31(47)39(53-37)26(22-7-15-58(2)16-8-22)41-33(49)35(51)43(55-41)28(24-11-19-60(4)20-12-24)44-36(52)34(50)42(56-44)27(23-9-17-59(3)18-10-23)40-32(48)30(46)38(25)54-40;/h5-20H,1-4H3;/q+2;+3. The molecule has 0 atom stereocenters. The van der Waals surface area contributed by atoms with Crippen LogP contribution in [-0.4, -0.2) is 9.97 Å². The van der Waals surface area contributed by atoms with Gasteiger partial charge in [0.25, 0.3) is 0 Å². The second-order valence-corrected chi connectivity index (χ2v) is 14.3. The summed E-state index contributed by atoms with van der Waals surface area (Å²) < 4.78 is 140. The molecule has 8 nitrogen and oxygen atoms in total. The van der Waals surface area contributed by atoms with Crippen molar-refractivity contribution in [1.29, 1.82) is 0 Å². The van der Waals surface area contributed by atoms with Gasteiger partial charge in [-0.15, -0.1) is 0 Å². The van der Waals surface area contributed by atoms with Crippen LogP contribution in [0, 0.1) is 23.3 Å². The van der Waals surface area contributed by atoms with E-state index >= 15 is 35.1 Å². The van der Waals surface area contributed by atoms with Gasteiger partial charge >= 0.3 is 17.1 Å². The molecule has 2 aliphatic heterocycles. The van der Waals surface area contributed by atoms with Gasteiger partial charge in [-0.2, -0.15) is 0 Å². The van der Waals surface area contributed by atoms with Crippen LogP contribution in [0.4, 0.5) is 35.1 Å². The summed E-state index contributed by atoms with van der Waals surface area (Å²) in [5.74, 6) is -13.3. The first-order valence-corrected chi connectivity index (χ1v) is 18.1. The van der Waals surface area contributed by atoms with Gasteiger partial charge in [0, 0.05) is 48.5 Å². The van der Waals surface area contributed by atoms with E-state index in [0.29, 0.717) is 0 Å². The fourth-order valence-electron chi connectivity index (χ4n) is 7.21. The van der Waals surface area contributed by atoms with Crippen molar-refractivity contribution in [3.8, 4) is 44.5 Å². The molecular weight excluding hydrogens is 847 g/mol. The summed E-state index contributed by atoms with van der Waals surface area (Å²) in [7, 11) is 6.60. The van der Waals surface area contributed by atoms with Gasteiger partial charge in [0.05, 0.1) is 0 Å². The second-order valence-electron chi connectivity index (χ2n) is 14.3. The van der Waals surface area contributed by atoms with Crippen molar-refractivity contribution in [3.63, 3.8) is 0 Å². The predicted molar refractivity (Wildman–Crippen MR) is 203 cm³/mol. The Morgan fingerprint density at radius 2 is 0.525 bits per heavy atom. The van der Waals surface area contributed by atoms with Gasteiger partial charge in [-0.1, -0.05) is 22.1 Å². The molecule has 0 aromatic carbocycles. The van der Waals surface area contributed by atoms with Crippen LogP contribution in [0.3, 0.4) is 0 Å². The van der Waals surface area contributed by atoms with E-state index in [4.69, 9.17) is 0 Å². The molecule has 0 saturated carbocycles. The van der Waals surface area contributed by atoms with Gasteiger partial charge in [-0.05, 0) is 44.5 Å². The molecule has 61 heavy (non-hydrogen) atoms. The van der Waals surface area contributed by atoms with E-state index in [1.54, 1.807) is 46.5 Å². The Kier molecular flexibility index (Phi) is 10.3. The van der Waals surface area contributed by atoms with E-state index in [0.717, 1.165) is 0 Å². The van der Waals surface area contributed by atoms with Gasteiger partial charge in [-0.3, -0.25) is 0 Å².